The molecule has 0 spiro atoms. The number of nitrogens with zero attached hydrogens (tertiary/aromatic N) is 2. The molecule has 2 rings (SSSR count). The van der Waals surface area contributed by atoms with Crippen molar-refractivity contribution < 1.29 is 4.79 Å². The Hall–Kier alpha value is -1.42. The standard InChI is InChI=1S/C12H14N2OS/c1-3-8-14-10(6-7-13-14)12(15)11-5-4-9(2)16-11/h4-7H,3,8H2,1-2H3. The second-order valence-corrected chi connectivity index (χ2v) is 4.97. The molecular weight excluding hydrogens is 220 g/mol. The molecule has 0 saturated carbocycles. The van der Waals surface area contributed by atoms with Gasteiger partial charge in [-0.05, 0) is 31.5 Å². The van der Waals surface area contributed by atoms with Crippen LogP contribution in [0.4, 0.5) is 0 Å². The molecule has 3 nitrogen and oxygen atoms in total. The van der Waals surface area contributed by atoms with Crippen LogP contribution in [0.15, 0.2) is 24.4 Å². The maximum Gasteiger partial charge on any atom is 0.220 e. The lowest BCUT2D eigenvalue weighted by molar-refractivity contribution is 0.103. The predicted molar refractivity (Wildman–Crippen MR) is 65.0 cm³/mol. The van der Waals surface area contributed by atoms with Crippen LogP contribution in [0.1, 0.15) is 33.6 Å². The maximum atomic E-state index is 12.2. The average molecular weight is 234 g/mol. The smallest absolute Gasteiger partial charge is 0.220 e. The molecule has 16 heavy (non-hydrogen) atoms. The summed E-state index contributed by atoms with van der Waals surface area (Å²) in [6, 6.07) is 5.64. The van der Waals surface area contributed by atoms with Crippen molar-refractivity contribution in [3.8, 4) is 0 Å². The minimum absolute atomic E-state index is 0.0732. The fourth-order valence-electron chi connectivity index (χ4n) is 1.60. The van der Waals surface area contributed by atoms with Gasteiger partial charge in [-0.15, -0.1) is 11.3 Å². The molecule has 0 aromatic carbocycles. The Morgan fingerprint density at radius 2 is 2.25 bits per heavy atom. The quantitative estimate of drug-likeness (QED) is 0.762. The molecule has 2 heterocycles. The summed E-state index contributed by atoms with van der Waals surface area (Å²) >= 11 is 1.53. The Labute approximate surface area is 98.7 Å². The molecule has 0 aliphatic carbocycles. The molecule has 2 aromatic heterocycles. The Bertz CT molecular complexity index is 499. The molecule has 0 N–H and O–H groups in total. The van der Waals surface area contributed by atoms with Gasteiger partial charge in [-0.1, -0.05) is 6.92 Å². The van der Waals surface area contributed by atoms with Crippen LogP contribution in [0.3, 0.4) is 0 Å². The number of aromatic nitrogens is 2. The molecule has 0 aliphatic rings. The molecule has 0 saturated heterocycles. The number of carbonyl (C=O) groups is 1. The van der Waals surface area contributed by atoms with E-state index < -0.39 is 0 Å². The zero-order valence-corrected chi connectivity index (χ0v) is 10.3. The van der Waals surface area contributed by atoms with E-state index in [-0.39, 0.29) is 5.78 Å². The summed E-state index contributed by atoms with van der Waals surface area (Å²) in [5, 5.41) is 4.16. The van der Waals surface area contributed by atoms with Gasteiger partial charge in [0.15, 0.2) is 0 Å². The van der Waals surface area contributed by atoms with E-state index >= 15 is 0 Å². The van der Waals surface area contributed by atoms with Gasteiger partial charge in [-0.3, -0.25) is 9.48 Å². The van der Waals surface area contributed by atoms with Crippen LogP contribution in [0.2, 0.25) is 0 Å². The third kappa shape index (κ3) is 2.07. The second kappa shape index (κ2) is 4.61. The molecule has 2 aromatic rings. The Balaban J connectivity index is 2.30. The fraction of sp³-hybridized carbons (Fsp3) is 0.333. The third-order valence-corrected chi connectivity index (χ3v) is 3.35. The van der Waals surface area contributed by atoms with Crippen LogP contribution >= 0.6 is 11.3 Å². The van der Waals surface area contributed by atoms with Crippen molar-refractivity contribution in [3.63, 3.8) is 0 Å². The van der Waals surface area contributed by atoms with Crippen molar-refractivity contribution in [2.75, 3.05) is 0 Å². The van der Waals surface area contributed by atoms with Crippen molar-refractivity contribution in [1.82, 2.24) is 9.78 Å². The average Bonchev–Trinajstić information content (AvgIpc) is 2.87. The van der Waals surface area contributed by atoms with E-state index in [2.05, 4.69) is 12.0 Å². The van der Waals surface area contributed by atoms with Crippen molar-refractivity contribution in [1.29, 1.82) is 0 Å². The van der Waals surface area contributed by atoms with E-state index in [1.165, 1.54) is 11.3 Å². The van der Waals surface area contributed by atoms with Gasteiger partial charge in [0.25, 0.3) is 0 Å². The number of ketones is 1. The van der Waals surface area contributed by atoms with E-state index in [0.29, 0.717) is 5.69 Å². The van der Waals surface area contributed by atoms with Crippen LogP contribution in [0, 0.1) is 6.92 Å². The summed E-state index contributed by atoms with van der Waals surface area (Å²) in [6.07, 6.45) is 2.66. The molecule has 84 valence electrons. The highest BCUT2D eigenvalue weighted by atomic mass is 32.1. The SMILES string of the molecule is CCCn1nccc1C(=O)c1ccc(C)s1. The summed E-state index contributed by atoms with van der Waals surface area (Å²) in [7, 11) is 0. The molecule has 0 unspecified atom stereocenters. The zero-order chi connectivity index (χ0) is 11.5. The van der Waals surface area contributed by atoms with E-state index in [1.54, 1.807) is 16.9 Å². The minimum Gasteiger partial charge on any atom is -0.286 e. The number of carbonyl (C=O) groups excluding carboxylic acids is 1. The van der Waals surface area contributed by atoms with Crippen molar-refractivity contribution >= 4 is 17.1 Å². The highest BCUT2D eigenvalue weighted by molar-refractivity contribution is 7.14. The number of hydrogen-bond acceptors (Lipinski definition) is 3. The Kier molecular flexibility index (Phi) is 3.19. The van der Waals surface area contributed by atoms with Gasteiger partial charge in [0.05, 0.1) is 4.88 Å². The van der Waals surface area contributed by atoms with Crippen molar-refractivity contribution in [2.24, 2.45) is 0 Å². The topological polar surface area (TPSA) is 34.9 Å². The summed E-state index contributed by atoms with van der Waals surface area (Å²) in [4.78, 5) is 14.1. The normalized spacial score (nSPS) is 10.6. The van der Waals surface area contributed by atoms with Crippen molar-refractivity contribution in [3.05, 3.63) is 39.8 Å². The predicted octanol–water partition coefficient (Wildman–Crippen LogP) is 2.89. The van der Waals surface area contributed by atoms with Gasteiger partial charge in [0.1, 0.15) is 5.69 Å². The summed E-state index contributed by atoms with van der Waals surface area (Å²) in [5.74, 6) is 0.0732. The molecule has 4 heteroatoms. The Morgan fingerprint density at radius 1 is 1.44 bits per heavy atom. The van der Waals surface area contributed by atoms with Gasteiger partial charge >= 0.3 is 0 Å². The summed E-state index contributed by atoms with van der Waals surface area (Å²) < 4.78 is 1.78. The molecule has 0 bridgehead atoms. The zero-order valence-electron chi connectivity index (χ0n) is 9.43. The maximum absolute atomic E-state index is 12.2. The lowest BCUT2D eigenvalue weighted by atomic mass is 10.2. The molecular formula is C12H14N2OS. The number of hydrogen-bond donors (Lipinski definition) is 0. The first-order valence-corrected chi connectivity index (χ1v) is 6.17. The van der Waals surface area contributed by atoms with Gasteiger partial charge < -0.3 is 0 Å². The minimum atomic E-state index is 0.0732. The van der Waals surface area contributed by atoms with E-state index in [9.17, 15) is 4.79 Å². The number of aryl methyl sites for hydroxylation is 2. The van der Waals surface area contributed by atoms with Gasteiger partial charge in [-0.25, -0.2) is 0 Å². The van der Waals surface area contributed by atoms with E-state index in [1.807, 2.05) is 19.1 Å². The van der Waals surface area contributed by atoms with Crippen molar-refractivity contribution in [2.45, 2.75) is 26.8 Å². The molecule has 0 radical (unpaired) electrons. The van der Waals surface area contributed by atoms with Crippen LogP contribution in [0.25, 0.3) is 0 Å². The first-order chi connectivity index (χ1) is 7.72. The van der Waals surface area contributed by atoms with E-state index in [4.69, 9.17) is 0 Å². The van der Waals surface area contributed by atoms with Crippen LogP contribution in [0.5, 0.6) is 0 Å². The summed E-state index contributed by atoms with van der Waals surface area (Å²) in [6.45, 7) is 4.87. The lowest BCUT2D eigenvalue weighted by Gasteiger charge is -2.03. The van der Waals surface area contributed by atoms with Crippen LogP contribution < -0.4 is 0 Å². The summed E-state index contributed by atoms with van der Waals surface area (Å²) in [5.41, 5.74) is 0.684. The first-order valence-electron chi connectivity index (χ1n) is 5.35. The molecule has 0 atom stereocenters. The monoisotopic (exact) mass is 234 g/mol. The van der Waals surface area contributed by atoms with Gasteiger partial charge in [-0.2, -0.15) is 5.10 Å². The third-order valence-electron chi connectivity index (χ3n) is 2.35. The fourth-order valence-corrected chi connectivity index (χ4v) is 2.41. The number of rotatable bonds is 4. The second-order valence-electron chi connectivity index (χ2n) is 3.68. The molecule has 0 aliphatic heterocycles. The van der Waals surface area contributed by atoms with Crippen LogP contribution in [-0.4, -0.2) is 15.6 Å². The van der Waals surface area contributed by atoms with E-state index in [0.717, 1.165) is 22.7 Å². The molecule has 0 amide bonds. The highest BCUT2D eigenvalue weighted by Crippen LogP contribution is 2.19. The Morgan fingerprint density at radius 3 is 2.88 bits per heavy atom. The first kappa shape index (κ1) is 11.1. The highest BCUT2D eigenvalue weighted by Gasteiger charge is 2.15. The van der Waals surface area contributed by atoms with Gasteiger partial charge in [0.2, 0.25) is 5.78 Å². The molecule has 0 fully saturated rings. The van der Waals surface area contributed by atoms with Gasteiger partial charge in [0, 0.05) is 17.6 Å². The largest absolute Gasteiger partial charge is 0.286 e. The lowest BCUT2D eigenvalue weighted by Crippen LogP contribution is -2.10. The van der Waals surface area contributed by atoms with Crippen LogP contribution in [-0.2, 0) is 6.54 Å². The number of thiophene rings is 1.